The van der Waals surface area contributed by atoms with Gasteiger partial charge in [0.25, 0.3) is 17.7 Å². The summed E-state index contributed by atoms with van der Waals surface area (Å²) in [6.07, 6.45) is 1.44. The first kappa shape index (κ1) is 38.2. The Kier molecular flexibility index (Phi) is 12.9. The molecule has 5 aromatic rings. The zero-order valence-corrected chi connectivity index (χ0v) is 30.5. The van der Waals surface area contributed by atoms with Crippen LogP contribution < -0.4 is 21.3 Å². The zero-order valence-electron chi connectivity index (χ0n) is 28.9. The van der Waals surface area contributed by atoms with Crippen LogP contribution in [0.4, 0.5) is 20.8 Å². The molecule has 270 valence electrons. The molecule has 1 unspecified atom stereocenters. The molecule has 0 aliphatic carbocycles. The molecule has 0 spiro atoms. The van der Waals surface area contributed by atoms with Gasteiger partial charge < -0.3 is 26.0 Å². The number of ether oxygens (including phenoxy) is 1. The fourth-order valence-electron chi connectivity index (χ4n) is 4.96. The third kappa shape index (κ3) is 10.3. The number of thiophene rings is 1. The summed E-state index contributed by atoms with van der Waals surface area (Å²) in [6, 6.07) is 29.5. The van der Waals surface area contributed by atoms with Crippen molar-refractivity contribution in [2.75, 3.05) is 22.6 Å². The minimum atomic E-state index is -0.681. The molecule has 0 saturated carbocycles. The van der Waals surface area contributed by atoms with Crippen LogP contribution >= 0.6 is 23.1 Å². The molecule has 0 radical (unpaired) electrons. The number of para-hydroxylation sites is 1. The standard InChI is InChI=1S/C40H35FN4O6S2/c1-4-51-40(50)33-24(2)34(38(49)42-29-14-9-6-10-15-29)53-39(33)45-35(46)25(3)52-31-17-11-16-30(23-31)43-37(48)32(22-26-18-20-28(41)21-19-26)44-36(47)27-12-7-5-8-13-27/h5-23,25H,4H2,1-3H3,(H,42,49)(H,43,48)(H,44,47)(H,45,46)/b32-22-. The predicted molar refractivity (Wildman–Crippen MR) is 207 cm³/mol. The molecule has 1 heterocycles. The quantitative estimate of drug-likeness (QED) is 0.0541. The summed E-state index contributed by atoms with van der Waals surface area (Å²) in [7, 11) is 0. The van der Waals surface area contributed by atoms with E-state index in [2.05, 4.69) is 21.3 Å². The summed E-state index contributed by atoms with van der Waals surface area (Å²) in [5, 5.41) is 10.6. The van der Waals surface area contributed by atoms with E-state index in [1.165, 1.54) is 42.1 Å². The van der Waals surface area contributed by atoms with Gasteiger partial charge in [-0.05, 0) is 92.6 Å². The van der Waals surface area contributed by atoms with Crippen molar-refractivity contribution in [2.24, 2.45) is 0 Å². The number of hydrogen-bond donors (Lipinski definition) is 4. The second-order valence-corrected chi connectivity index (χ2v) is 13.9. The average Bonchev–Trinajstić information content (AvgIpc) is 3.48. The van der Waals surface area contributed by atoms with Crippen molar-refractivity contribution in [3.8, 4) is 0 Å². The molecule has 0 fully saturated rings. The van der Waals surface area contributed by atoms with Crippen LogP contribution in [0.5, 0.6) is 0 Å². The molecule has 0 saturated heterocycles. The number of esters is 1. The lowest BCUT2D eigenvalue weighted by Crippen LogP contribution is -2.30. The van der Waals surface area contributed by atoms with E-state index in [1.807, 2.05) is 6.07 Å². The summed E-state index contributed by atoms with van der Waals surface area (Å²) in [6.45, 7) is 5.08. The highest BCUT2D eigenvalue weighted by atomic mass is 32.2. The van der Waals surface area contributed by atoms with Crippen LogP contribution in [0.3, 0.4) is 0 Å². The molecule has 1 aromatic heterocycles. The van der Waals surface area contributed by atoms with Gasteiger partial charge in [0.15, 0.2) is 0 Å². The fraction of sp³-hybridized carbons (Fsp3) is 0.125. The van der Waals surface area contributed by atoms with E-state index in [9.17, 15) is 28.4 Å². The highest BCUT2D eigenvalue weighted by Crippen LogP contribution is 2.35. The Labute approximate surface area is 313 Å². The van der Waals surface area contributed by atoms with Crippen molar-refractivity contribution >= 4 is 75.1 Å². The van der Waals surface area contributed by atoms with Crippen LogP contribution in [-0.4, -0.2) is 41.5 Å². The lowest BCUT2D eigenvalue weighted by molar-refractivity contribution is -0.115. The molecular weight excluding hydrogens is 716 g/mol. The highest BCUT2D eigenvalue weighted by Gasteiger charge is 2.28. The smallest absolute Gasteiger partial charge is 0.341 e. The molecule has 10 nitrogen and oxygen atoms in total. The molecular formula is C40H35FN4O6S2. The first-order chi connectivity index (χ1) is 25.5. The van der Waals surface area contributed by atoms with Crippen molar-refractivity contribution in [2.45, 2.75) is 30.9 Å². The third-order valence-corrected chi connectivity index (χ3v) is 9.88. The van der Waals surface area contributed by atoms with Gasteiger partial charge in [-0.2, -0.15) is 0 Å². The fourth-order valence-corrected chi connectivity index (χ4v) is 6.98. The monoisotopic (exact) mass is 750 g/mol. The second-order valence-electron chi connectivity index (χ2n) is 11.5. The lowest BCUT2D eigenvalue weighted by Gasteiger charge is -2.14. The van der Waals surface area contributed by atoms with Crippen molar-refractivity contribution in [1.29, 1.82) is 0 Å². The number of carbonyl (C=O) groups is 5. The second kappa shape index (κ2) is 17.9. The average molecular weight is 751 g/mol. The minimum Gasteiger partial charge on any atom is -0.462 e. The molecule has 4 N–H and O–H groups in total. The van der Waals surface area contributed by atoms with Gasteiger partial charge in [0.1, 0.15) is 16.5 Å². The lowest BCUT2D eigenvalue weighted by atomic mass is 10.1. The zero-order chi connectivity index (χ0) is 37.9. The summed E-state index contributed by atoms with van der Waals surface area (Å²) in [4.78, 5) is 67.0. The predicted octanol–water partition coefficient (Wildman–Crippen LogP) is 8.15. The van der Waals surface area contributed by atoms with Gasteiger partial charge in [-0.15, -0.1) is 23.1 Å². The van der Waals surface area contributed by atoms with Crippen molar-refractivity contribution in [3.05, 3.63) is 148 Å². The van der Waals surface area contributed by atoms with Crippen LogP contribution in [0.15, 0.2) is 120 Å². The van der Waals surface area contributed by atoms with Crippen LogP contribution in [0, 0.1) is 12.7 Å². The number of rotatable bonds is 13. The van der Waals surface area contributed by atoms with E-state index in [-0.39, 0.29) is 27.7 Å². The van der Waals surface area contributed by atoms with Crippen molar-refractivity contribution in [3.63, 3.8) is 0 Å². The Morgan fingerprint density at radius 2 is 1.47 bits per heavy atom. The van der Waals surface area contributed by atoms with Gasteiger partial charge in [0.2, 0.25) is 5.91 Å². The number of hydrogen-bond acceptors (Lipinski definition) is 8. The maximum atomic E-state index is 13.6. The number of anilines is 3. The molecule has 0 aliphatic heterocycles. The van der Waals surface area contributed by atoms with Crippen LogP contribution in [-0.2, 0) is 14.3 Å². The SMILES string of the molecule is CCOC(=O)c1c(NC(=O)C(C)Sc2cccc(NC(=O)/C(=C/c3ccc(F)cc3)NC(=O)c3ccccc3)c2)sc(C(=O)Nc2ccccc2)c1C. The first-order valence-corrected chi connectivity index (χ1v) is 18.1. The maximum absolute atomic E-state index is 13.6. The third-order valence-electron chi connectivity index (χ3n) is 7.58. The van der Waals surface area contributed by atoms with Crippen LogP contribution in [0.2, 0.25) is 0 Å². The number of benzene rings is 4. The van der Waals surface area contributed by atoms with Gasteiger partial charge >= 0.3 is 5.97 Å². The molecule has 0 bridgehead atoms. The summed E-state index contributed by atoms with van der Waals surface area (Å²) in [5.41, 5.74) is 2.22. The topological polar surface area (TPSA) is 143 Å². The normalized spacial score (nSPS) is 11.6. The Balaban J connectivity index is 1.30. The highest BCUT2D eigenvalue weighted by molar-refractivity contribution is 8.00. The van der Waals surface area contributed by atoms with Crippen LogP contribution in [0.1, 0.15) is 55.4 Å². The number of carbonyl (C=O) groups excluding carboxylic acids is 5. The Hall–Kier alpha value is -6.05. The summed E-state index contributed by atoms with van der Waals surface area (Å²) in [5.74, 6) is -3.10. The minimum absolute atomic E-state index is 0.0725. The number of thioether (sulfide) groups is 1. The summed E-state index contributed by atoms with van der Waals surface area (Å²) >= 11 is 2.18. The van der Waals surface area contributed by atoms with Crippen molar-refractivity contribution < 1.29 is 33.1 Å². The van der Waals surface area contributed by atoms with E-state index >= 15 is 0 Å². The molecule has 4 aromatic carbocycles. The van der Waals surface area contributed by atoms with Crippen molar-refractivity contribution in [1.82, 2.24) is 5.32 Å². The maximum Gasteiger partial charge on any atom is 0.341 e. The first-order valence-electron chi connectivity index (χ1n) is 16.4. The molecule has 0 aliphatic rings. The van der Waals surface area contributed by atoms with E-state index in [4.69, 9.17) is 4.74 Å². The molecule has 1 atom stereocenters. The molecule has 5 rings (SSSR count). The van der Waals surface area contributed by atoms with Crippen LogP contribution in [0.25, 0.3) is 6.08 Å². The summed E-state index contributed by atoms with van der Waals surface area (Å²) < 4.78 is 18.8. The largest absolute Gasteiger partial charge is 0.462 e. The van der Waals surface area contributed by atoms with Gasteiger partial charge in [-0.3, -0.25) is 19.2 Å². The molecule has 13 heteroatoms. The number of halogens is 1. The Morgan fingerprint density at radius 1 is 0.811 bits per heavy atom. The number of nitrogens with one attached hydrogen (secondary N) is 4. The van der Waals surface area contributed by atoms with Gasteiger partial charge in [-0.25, -0.2) is 9.18 Å². The van der Waals surface area contributed by atoms with E-state index in [0.29, 0.717) is 33.0 Å². The van der Waals surface area contributed by atoms with E-state index in [1.54, 1.807) is 99.6 Å². The van der Waals surface area contributed by atoms with Gasteiger partial charge in [0.05, 0.1) is 22.3 Å². The molecule has 53 heavy (non-hydrogen) atoms. The molecule has 4 amide bonds. The van der Waals surface area contributed by atoms with Gasteiger partial charge in [-0.1, -0.05) is 54.6 Å². The Morgan fingerprint density at radius 3 is 2.15 bits per heavy atom. The number of amides is 4. The Bertz CT molecular complexity index is 2160. The van der Waals surface area contributed by atoms with E-state index in [0.717, 1.165) is 11.3 Å². The van der Waals surface area contributed by atoms with E-state index < -0.39 is 40.7 Å². The van der Waals surface area contributed by atoms with Gasteiger partial charge in [0, 0.05) is 21.8 Å².